The number of ketones is 2. The molecule has 1 aliphatic carbocycles. The summed E-state index contributed by atoms with van der Waals surface area (Å²) in [6.45, 7) is 6.17. The molecule has 0 saturated heterocycles. The zero-order chi connectivity index (χ0) is 14.4. The van der Waals surface area contributed by atoms with Crippen molar-refractivity contribution in [3.63, 3.8) is 0 Å². The predicted molar refractivity (Wildman–Crippen MR) is 75.7 cm³/mol. The average Bonchev–Trinajstić information content (AvgIpc) is 2.38. The molecule has 0 amide bonds. The Balaban J connectivity index is 2.62. The molecule has 0 radical (unpaired) electrons. The molecule has 1 fully saturated rings. The smallest absolute Gasteiger partial charge is 0.155 e. The van der Waals surface area contributed by atoms with Gasteiger partial charge >= 0.3 is 0 Å². The van der Waals surface area contributed by atoms with Crippen LogP contribution in [0.1, 0.15) is 46.5 Å². The van der Waals surface area contributed by atoms with Gasteiger partial charge in [-0.25, -0.2) is 0 Å². The van der Waals surface area contributed by atoms with Gasteiger partial charge < -0.3 is 5.11 Å². The molecule has 0 bridgehead atoms. The Hall–Kier alpha value is -0.960. The van der Waals surface area contributed by atoms with Crippen LogP contribution in [0.2, 0.25) is 0 Å². The Kier molecular flexibility index (Phi) is 6.43. The molecule has 0 aromatic heterocycles. The first kappa shape index (κ1) is 16.1. The highest BCUT2D eigenvalue weighted by atomic mass is 16.3. The lowest BCUT2D eigenvalue weighted by atomic mass is 9.66. The van der Waals surface area contributed by atoms with E-state index in [-0.39, 0.29) is 35.9 Å². The van der Waals surface area contributed by atoms with E-state index in [0.29, 0.717) is 18.8 Å². The normalized spacial score (nSPS) is 31.6. The fraction of sp³-hybridized carbons (Fsp3) is 0.750. The van der Waals surface area contributed by atoms with Crippen LogP contribution in [-0.2, 0) is 9.59 Å². The Morgan fingerprint density at radius 1 is 1.26 bits per heavy atom. The van der Waals surface area contributed by atoms with E-state index in [4.69, 9.17) is 0 Å². The van der Waals surface area contributed by atoms with Crippen molar-refractivity contribution >= 4 is 11.6 Å². The lowest BCUT2D eigenvalue weighted by Crippen LogP contribution is -2.38. The molecule has 3 nitrogen and oxygen atoms in total. The molecule has 3 heteroatoms. The van der Waals surface area contributed by atoms with E-state index in [1.807, 2.05) is 6.92 Å². The molecule has 0 aliphatic heterocycles. The average molecular weight is 266 g/mol. The van der Waals surface area contributed by atoms with E-state index in [1.54, 1.807) is 6.08 Å². The minimum atomic E-state index is 0.0206. The van der Waals surface area contributed by atoms with Gasteiger partial charge in [0.05, 0.1) is 0 Å². The van der Waals surface area contributed by atoms with Crippen molar-refractivity contribution in [3.8, 4) is 0 Å². The second-order valence-electron chi connectivity index (χ2n) is 5.77. The molecule has 19 heavy (non-hydrogen) atoms. The van der Waals surface area contributed by atoms with Crippen molar-refractivity contribution in [2.75, 3.05) is 6.61 Å². The number of hydrogen-bond donors (Lipinski definition) is 1. The minimum Gasteiger partial charge on any atom is -0.396 e. The van der Waals surface area contributed by atoms with Crippen LogP contribution >= 0.6 is 0 Å². The number of aliphatic hydroxyl groups is 1. The number of carbonyl (C=O) groups excluding carboxylic acids is 2. The van der Waals surface area contributed by atoms with Crippen molar-refractivity contribution < 1.29 is 14.7 Å². The topological polar surface area (TPSA) is 54.4 Å². The lowest BCUT2D eigenvalue weighted by molar-refractivity contribution is -0.128. The highest BCUT2D eigenvalue weighted by molar-refractivity contribution is 5.90. The molecule has 108 valence electrons. The first-order chi connectivity index (χ1) is 9.01. The van der Waals surface area contributed by atoms with Gasteiger partial charge in [0.1, 0.15) is 5.78 Å². The molecule has 0 heterocycles. The number of carbonyl (C=O) groups is 2. The number of Topliss-reactive ketones (excluding diaryl/α,β-unsaturated/α-hetero) is 1. The molecule has 0 aromatic rings. The van der Waals surface area contributed by atoms with E-state index >= 15 is 0 Å². The maximum Gasteiger partial charge on any atom is 0.155 e. The summed E-state index contributed by atoms with van der Waals surface area (Å²) in [5.74, 6) is 1.14. The summed E-state index contributed by atoms with van der Waals surface area (Å²) in [5, 5.41) is 9.36. The molecule has 1 aliphatic rings. The van der Waals surface area contributed by atoms with Crippen LogP contribution in [-0.4, -0.2) is 23.3 Å². The van der Waals surface area contributed by atoms with Crippen LogP contribution in [0.5, 0.6) is 0 Å². The molecule has 1 N–H and O–H groups in total. The van der Waals surface area contributed by atoms with Crippen molar-refractivity contribution in [1.82, 2.24) is 0 Å². The Morgan fingerprint density at radius 2 is 1.95 bits per heavy atom. The largest absolute Gasteiger partial charge is 0.396 e. The summed E-state index contributed by atoms with van der Waals surface area (Å²) in [6.07, 6.45) is 6.03. The van der Waals surface area contributed by atoms with E-state index in [2.05, 4.69) is 13.8 Å². The highest BCUT2D eigenvalue weighted by Gasteiger charge is 2.37. The summed E-state index contributed by atoms with van der Waals surface area (Å²) in [7, 11) is 0. The van der Waals surface area contributed by atoms with Crippen LogP contribution < -0.4 is 0 Å². The van der Waals surface area contributed by atoms with E-state index in [0.717, 1.165) is 12.8 Å². The SMILES string of the molecule is CCC(=O)/C=C/CC(=O)[C@@H]1[C@@H](C)[C@H](CO)CC[C@@H]1C. The van der Waals surface area contributed by atoms with Gasteiger partial charge in [-0.3, -0.25) is 9.59 Å². The van der Waals surface area contributed by atoms with Crippen molar-refractivity contribution in [3.05, 3.63) is 12.2 Å². The van der Waals surface area contributed by atoms with Gasteiger partial charge in [0.25, 0.3) is 0 Å². The van der Waals surface area contributed by atoms with Gasteiger partial charge in [-0.1, -0.05) is 26.8 Å². The summed E-state index contributed by atoms with van der Waals surface area (Å²) in [6, 6.07) is 0. The standard InChI is InChI=1S/C16H26O3/c1-4-14(18)6-5-7-15(19)16-11(2)8-9-13(10-17)12(16)3/h5-6,11-13,16-17H,4,7-10H2,1-3H3/b6-5+/t11-,12-,13-,16-/m0/s1. The van der Waals surface area contributed by atoms with Gasteiger partial charge in [0.15, 0.2) is 5.78 Å². The second-order valence-corrected chi connectivity index (χ2v) is 5.77. The third-order valence-electron chi connectivity index (χ3n) is 4.49. The molecule has 0 unspecified atom stereocenters. The van der Waals surface area contributed by atoms with Crippen molar-refractivity contribution in [1.29, 1.82) is 0 Å². The Labute approximate surface area is 116 Å². The molecular formula is C16H26O3. The van der Waals surface area contributed by atoms with Gasteiger partial charge in [0.2, 0.25) is 0 Å². The summed E-state index contributed by atoms with van der Waals surface area (Å²) < 4.78 is 0. The second kappa shape index (κ2) is 7.59. The molecule has 0 spiro atoms. The summed E-state index contributed by atoms with van der Waals surface area (Å²) in [4.78, 5) is 23.5. The maximum atomic E-state index is 12.3. The highest BCUT2D eigenvalue weighted by Crippen LogP contribution is 2.39. The van der Waals surface area contributed by atoms with Crippen molar-refractivity contribution in [2.24, 2.45) is 23.7 Å². The fourth-order valence-corrected chi connectivity index (χ4v) is 3.16. The number of rotatable bonds is 6. The molecule has 0 aromatic carbocycles. The van der Waals surface area contributed by atoms with Gasteiger partial charge in [0, 0.05) is 25.4 Å². The monoisotopic (exact) mass is 266 g/mol. The first-order valence-electron chi connectivity index (χ1n) is 7.34. The van der Waals surface area contributed by atoms with Crippen LogP contribution in [0.15, 0.2) is 12.2 Å². The van der Waals surface area contributed by atoms with E-state index in [9.17, 15) is 14.7 Å². The van der Waals surface area contributed by atoms with Gasteiger partial charge in [-0.15, -0.1) is 0 Å². The molecule has 1 rings (SSSR count). The Morgan fingerprint density at radius 3 is 2.53 bits per heavy atom. The first-order valence-corrected chi connectivity index (χ1v) is 7.34. The van der Waals surface area contributed by atoms with Crippen LogP contribution in [0.4, 0.5) is 0 Å². The number of allylic oxidation sites excluding steroid dienone is 2. The van der Waals surface area contributed by atoms with Crippen LogP contribution in [0.3, 0.4) is 0 Å². The minimum absolute atomic E-state index is 0.0206. The van der Waals surface area contributed by atoms with Crippen molar-refractivity contribution in [2.45, 2.75) is 46.5 Å². The quantitative estimate of drug-likeness (QED) is 0.752. The fourth-order valence-electron chi connectivity index (χ4n) is 3.16. The number of hydrogen-bond acceptors (Lipinski definition) is 3. The van der Waals surface area contributed by atoms with E-state index < -0.39 is 0 Å². The van der Waals surface area contributed by atoms with Crippen LogP contribution in [0.25, 0.3) is 0 Å². The number of aliphatic hydroxyl groups excluding tert-OH is 1. The lowest BCUT2D eigenvalue weighted by Gasteiger charge is -2.38. The summed E-state index contributed by atoms with van der Waals surface area (Å²) in [5.41, 5.74) is 0. The molecule has 4 atom stereocenters. The molecular weight excluding hydrogens is 240 g/mol. The predicted octanol–water partition coefficient (Wildman–Crippen LogP) is 2.77. The Bertz CT molecular complexity index is 346. The van der Waals surface area contributed by atoms with E-state index in [1.165, 1.54) is 6.08 Å². The third kappa shape index (κ3) is 4.27. The zero-order valence-corrected chi connectivity index (χ0v) is 12.3. The molecule has 1 saturated carbocycles. The van der Waals surface area contributed by atoms with Crippen LogP contribution in [0, 0.1) is 23.7 Å². The van der Waals surface area contributed by atoms with Gasteiger partial charge in [-0.2, -0.15) is 0 Å². The maximum absolute atomic E-state index is 12.3. The summed E-state index contributed by atoms with van der Waals surface area (Å²) >= 11 is 0. The van der Waals surface area contributed by atoms with Gasteiger partial charge in [-0.05, 0) is 36.7 Å². The third-order valence-corrected chi connectivity index (χ3v) is 4.49. The zero-order valence-electron chi connectivity index (χ0n) is 12.3.